The van der Waals surface area contributed by atoms with Crippen molar-refractivity contribution in [2.24, 2.45) is 23.7 Å². The molecular weight excluding hydrogens is 340 g/mol. The van der Waals surface area contributed by atoms with Crippen LogP contribution in [0.2, 0.25) is 0 Å². The first-order chi connectivity index (χ1) is 12.9. The van der Waals surface area contributed by atoms with Crippen molar-refractivity contribution < 1.29 is 19.4 Å². The lowest BCUT2D eigenvalue weighted by Crippen LogP contribution is -2.30. The molecule has 0 amide bonds. The van der Waals surface area contributed by atoms with E-state index in [0.717, 1.165) is 62.8 Å². The molecule has 1 aromatic rings. The zero-order chi connectivity index (χ0) is 19.4. The second-order valence-electron chi connectivity index (χ2n) is 8.83. The molecule has 2 fully saturated rings. The predicted octanol–water partition coefficient (Wildman–Crippen LogP) is 5.25. The van der Waals surface area contributed by atoms with Crippen molar-refractivity contribution in [3.63, 3.8) is 0 Å². The first kappa shape index (κ1) is 20.2. The Hall–Kier alpha value is -1.55. The monoisotopic (exact) mass is 374 g/mol. The molecule has 0 aliphatic heterocycles. The third-order valence-corrected chi connectivity index (χ3v) is 6.43. The molecule has 2 aliphatic carbocycles. The van der Waals surface area contributed by atoms with Gasteiger partial charge in [-0.1, -0.05) is 26.7 Å². The van der Waals surface area contributed by atoms with E-state index in [2.05, 4.69) is 13.8 Å². The van der Waals surface area contributed by atoms with E-state index in [-0.39, 0.29) is 17.8 Å². The minimum Gasteiger partial charge on any atom is -0.465 e. The summed E-state index contributed by atoms with van der Waals surface area (Å²) >= 11 is 0. The van der Waals surface area contributed by atoms with Gasteiger partial charge in [-0.15, -0.1) is 0 Å². The Morgan fingerprint density at radius 1 is 1.00 bits per heavy atom. The van der Waals surface area contributed by atoms with Crippen molar-refractivity contribution in [2.75, 3.05) is 0 Å². The minimum absolute atomic E-state index is 0.0212. The Balaban J connectivity index is 1.54. The summed E-state index contributed by atoms with van der Waals surface area (Å²) in [4.78, 5) is 12.4. The van der Waals surface area contributed by atoms with Crippen LogP contribution in [-0.2, 0) is 4.79 Å². The molecule has 0 bridgehead atoms. The van der Waals surface area contributed by atoms with E-state index < -0.39 is 6.29 Å². The van der Waals surface area contributed by atoms with Gasteiger partial charge in [0, 0.05) is 5.92 Å². The number of aryl methyl sites for hydroxylation is 1. The van der Waals surface area contributed by atoms with Crippen molar-refractivity contribution in [3.8, 4) is 11.5 Å². The minimum atomic E-state index is -0.770. The number of hydrogen-bond acceptors (Lipinski definition) is 4. The van der Waals surface area contributed by atoms with Crippen LogP contribution < -0.4 is 9.47 Å². The second-order valence-corrected chi connectivity index (χ2v) is 8.83. The van der Waals surface area contributed by atoms with Crippen LogP contribution in [0.25, 0.3) is 0 Å². The van der Waals surface area contributed by atoms with Gasteiger partial charge in [0.15, 0.2) is 6.29 Å². The Labute approximate surface area is 163 Å². The summed E-state index contributed by atoms with van der Waals surface area (Å²) < 4.78 is 11.4. The van der Waals surface area contributed by atoms with E-state index in [4.69, 9.17) is 9.47 Å². The molecule has 2 saturated carbocycles. The maximum absolute atomic E-state index is 12.4. The van der Waals surface area contributed by atoms with Crippen LogP contribution in [0, 0.1) is 30.6 Å². The van der Waals surface area contributed by atoms with Gasteiger partial charge >= 0.3 is 5.97 Å². The number of aliphatic hydroxyl groups excluding tert-OH is 1. The van der Waals surface area contributed by atoms with Crippen LogP contribution in [0.4, 0.5) is 0 Å². The number of ether oxygens (including phenoxy) is 2. The number of esters is 1. The second kappa shape index (κ2) is 9.09. The third-order valence-electron chi connectivity index (χ3n) is 6.43. The average Bonchev–Trinajstić information content (AvgIpc) is 2.65. The summed E-state index contributed by atoms with van der Waals surface area (Å²) in [5.41, 5.74) is 0.876. The molecule has 2 aliphatic rings. The van der Waals surface area contributed by atoms with Gasteiger partial charge in [-0.2, -0.15) is 0 Å². The highest BCUT2D eigenvalue weighted by Gasteiger charge is 2.27. The third kappa shape index (κ3) is 5.47. The Morgan fingerprint density at radius 3 is 2.19 bits per heavy atom. The molecule has 27 heavy (non-hydrogen) atoms. The van der Waals surface area contributed by atoms with Gasteiger partial charge in [-0.25, -0.2) is 0 Å². The summed E-state index contributed by atoms with van der Waals surface area (Å²) in [6.07, 6.45) is 7.60. The lowest BCUT2D eigenvalue weighted by molar-refractivity contribution is -0.140. The standard InChI is InChI=1S/C23H34O4/c1-15-4-8-18(9-5-15)22(24)26-20-12-13-21(17(3)14-20)27-23(25)19-10-6-16(2)7-11-19/h12-16,18-19,23,25H,4-11H2,1-3H3. The maximum atomic E-state index is 12.4. The molecule has 3 rings (SSSR count). The normalized spacial score (nSPS) is 29.8. The highest BCUT2D eigenvalue weighted by atomic mass is 16.6. The Bertz CT molecular complexity index is 625. The maximum Gasteiger partial charge on any atom is 0.314 e. The van der Waals surface area contributed by atoms with Crippen molar-refractivity contribution in [3.05, 3.63) is 23.8 Å². The summed E-state index contributed by atoms with van der Waals surface area (Å²) in [6, 6.07) is 5.39. The van der Waals surface area contributed by atoms with Crippen molar-refractivity contribution in [1.29, 1.82) is 0 Å². The zero-order valence-corrected chi connectivity index (χ0v) is 16.9. The molecule has 0 heterocycles. The largest absolute Gasteiger partial charge is 0.465 e. The van der Waals surface area contributed by atoms with E-state index in [1.165, 1.54) is 0 Å². The van der Waals surface area contributed by atoms with E-state index >= 15 is 0 Å². The number of aliphatic hydroxyl groups is 1. The molecule has 4 nitrogen and oxygen atoms in total. The first-order valence-electron chi connectivity index (χ1n) is 10.6. The molecule has 0 aromatic heterocycles. The molecular formula is C23H34O4. The van der Waals surface area contributed by atoms with Crippen LogP contribution in [0.1, 0.15) is 70.8 Å². The topological polar surface area (TPSA) is 55.8 Å². The van der Waals surface area contributed by atoms with Crippen LogP contribution in [-0.4, -0.2) is 17.4 Å². The van der Waals surface area contributed by atoms with Gasteiger partial charge < -0.3 is 14.6 Å². The number of rotatable bonds is 5. The fourth-order valence-electron chi connectivity index (χ4n) is 4.31. The molecule has 1 unspecified atom stereocenters. The quantitative estimate of drug-likeness (QED) is 0.434. The van der Waals surface area contributed by atoms with Crippen LogP contribution in [0.5, 0.6) is 11.5 Å². The number of hydrogen-bond donors (Lipinski definition) is 1. The molecule has 1 aromatic carbocycles. The highest BCUT2D eigenvalue weighted by molar-refractivity contribution is 5.75. The molecule has 0 spiro atoms. The van der Waals surface area contributed by atoms with Gasteiger partial charge in [-0.05, 0) is 81.0 Å². The van der Waals surface area contributed by atoms with Gasteiger partial charge in [0.2, 0.25) is 0 Å². The summed E-state index contributed by atoms with van der Waals surface area (Å²) in [6.45, 7) is 6.43. The van der Waals surface area contributed by atoms with E-state index in [1.54, 1.807) is 12.1 Å². The average molecular weight is 375 g/mol. The van der Waals surface area contributed by atoms with E-state index in [0.29, 0.717) is 17.4 Å². The van der Waals surface area contributed by atoms with Crippen molar-refractivity contribution in [2.45, 2.75) is 78.4 Å². The van der Waals surface area contributed by atoms with Gasteiger partial charge in [0.1, 0.15) is 11.5 Å². The summed E-state index contributed by atoms with van der Waals surface area (Å²) in [5.74, 6) is 2.78. The van der Waals surface area contributed by atoms with Gasteiger partial charge in [0.25, 0.3) is 0 Å². The number of carbonyl (C=O) groups is 1. The van der Waals surface area contributed by atoms with Crippen molar-refractivity contribution in [1.82, 2.24) is 0 Å². The molecule has 4 heteroatoms. The molecule has 150 valence electrons. The number of carbonyl (C=O) groups excluding carboxylic acids is 1. The van der Waals surface area contributed by atoms with Gasteiger partial charge in [0.05, 0.1) is 5.92 Å². The van der Waals surface area contributed by atoms with Crippen molar-refractivity contribution >= 4 is 5.97 Å². The SMILES string of the molecule is Cc1cc(OC(=O)C2CCC(C)CC2)ccc1OC(O)C1CCC(C)CC1. The summed E-state index contributed by atoms with van der Waals surface area (Å²) in [5, 5.41) is 10.4. The van der Waals surface area contributed by atoms with E-state index in [9.17, 15) is 9.90 Å². The van der Waals surface area contributed by atoms with Gasteiger partial charge in [-0.3, -0.25) is 4.79 Å². The lowest BCUT2D eigenvalue weighted by Gasteiger charge is -2.30. The molecule has 1 N–H and O–H groups in total. The lowest BCUT2D eigenvalue weighted by atomic mass is 9.83. The molecule has 0 radical (unpaired) electrons. The number of benzene rings is 1. The predicted molar refractivity (Wildman–Crippen MR) is 106 cm³/mol. The summed E-state index contributed by atoms with van der Waals surface area (Å²) in [7, 11) is 0. The highest BCUT2D eigenvalue weighted by Crippen LogP contribution is 2.33. The smallest absolute Gasteiger partial charge is 0.314 e. The van der Waals surface area contributed by atoms with E-state index in [1.807, 2.05) is 13.0 Å². The van der Waals surface area contributed by atoms with Crippen LogP contribution >= 0.6 is 0 Å². The molecule has 1 atom stereocenters. The first-order valence-corrected chi connectivity index (χ1v) is 10.6. The van der Waals surface area contributed by atoms with Crippen LogP contribution in [0.15, 0.2) is 18.2 Å². The fourth-order valence-corrected chi connectivity index (χ4v) is 4.31. The molecule has 0 saturated heterocycles. The zero-order valence-electron chi connectivity index (χ0n) is 16.9. The Morgan fingerprint density at radius 2 is 1.59 bits per heavy atom. The fraction of sp³-hybridized carbons (Fsp3) is 0.696. The van der Waals surface area contributed by atoms with Crippen LogP contribution in [0.3, 0.4) is 0 Å². The Kier molecular flexibility index (Phi) is 6.80.